The molecule has 0 atom stereocenters. The number of aryl methyl sites for hydroxylation is 1. The van der Waals surface area contributed by atoms with E-state index in [-0.39, 0.29) is 33.4 Å². The molecular formula is C26H26ClFN6O4S. The van der Waals surface area contributed by atoms with Crippen molar-refractivity contribution in [2.24, 2.45) is 7.05 Å². The molecule has 3 N–H and O–H groups in total. The zero-order valence-corrected chi connectivity index (χ0v) is 22.7. The number of imidazole rings is 1. The fourth-order valence-corrected chi connectivity index (χ4v) is 5.28. The maximum absolute atomic E-state index is 15.0. The molecule has 0 radical (unpaired) electrons. The highest BCUT2D eigenvalue weighted by molar-refractivity contribution is 7.92. The van der Waals surface area contributed by atoms with Crippen LogP contribution in [0.15, 0.2) is 59.7 Å². The minimum absolute atomic E-state index is 0.0504. The number of nitrogens with one attached hydrogen (secondary N) is 2. The van der Waals surface area contributed by atoms with Gasteiger partial charge in [-0.2, -0.15) is 0 Å². The lowest BCUT2D eigenvalue weighted by atomic mass is 9.97. The second-order valence-electron chi connectivity index (χ2n) is 9.29. The first-order chi connectivity index (χ1) is 18.5. The van der Waals surface area contributed by atoms with Crippen LogP contribution in [-0.4, -0.2) is 60.1 Å². The number of aromatic nitrogens is 3. The van der Waals surface area contributed by atoms with Crippen LogP contribution in [0.2, 0.25) is 5.02 Å². The van der Waals surface area contributed by atoms with E-state index in [4.69, 9.17) is 11.6 Å². The second-order valence-corrected chi connectivity index (χ2v) is 11.4. The molecule has 4 aromatic rings. The fraction of sp³-hybridized carbons (Fsp3) is 0.231. The van der Waals surface area contributed by atoms with Crippen molar-refractivity contribution in [2.45, 2.75) is 0 Å². The van der Waals surface area contributed by atoms with Gasteiger partial charge in [0, 0.05) is 56.7 Å². The van der Waals surface area contributed by atoms with Gasteiger partial charge in [0.1, 0.15) is 23.2 Å². The number of phenolic OH excluding ortho intramolecular Hbond substituents is 1. The number of hydrogen-bond acceptors (Lipinski definition) is 7. The number of rotatable bonds is 6. The molecule has 1 aliphatic heterocycles. The molecule has 2 aromatic carbocycles. The lowest BCUT2D eigenvalue weighted by molar-refractivity contribution is 0.477. The number of nitrogens with zero attached hydrogens (tertiary/aromatic N) is 4. The monoisotopic (exact) mass is 572 g/mol. The van der Waals surface area contributed by atoms with Crippen LogP contribution in [0, 0.1) is 5.82 Å². The maximum Gasteiger partial charge on any atom is 0.332 e. The maximum atomic E-state index is 15.0. The van der Waals surface area contributed by atoms with Crippen molar-refractivity contribution in [1.82, 2.24) is 19.4 Å². The minimum atomic E-state index is -3.65. The number of hydrogen-bond donors (Lipinski definition) is 3. The quantitative estimate of drug-likeness (QED) is 0.324. The Morgan fingerprint density at radius 2 is 1.74 bits per heavy atom. The molecule has 10 nitrogen and oxygen atoms in total. The summed E-state index contributed by atoms with van der Waals surface area (Å²) in [7, 11) is -2.02. The van der Waals surface area contributed by atoms with Crippen LogP contribution in [0.1, 0.15) is 0 Å². The lowest BCUT2D eigenvalue weighted by Gasteiger charge is -2.29. The molecule has 1 aliphatic rings. The number of anilines is 2. The topological polar surface area (TPSA) is 121 Å². The number of benzene rings is 2. The first kappa shape index (κ1) is 26.7. The highest BCUT2D eigenvalue weighted by Crippen LogP contribution is 2.41. The third-order valence-corrected chi connectivity index (χ3v) is 7.28. The van der Waals surface area contributed by atoms with Crippen LogP contribution in [0.25, 0.3) is 27.9 Å². The predicted molar refractivity (Wildman–Crippen MR) is 150 cm³/mol. The van der Waals surface area contributed by atoms with Gasteiger partial charge in [-0.05, 0) is 47.5 Å². The molecule has 0 bridgehead atoms. The Bertz CT molecular complexity index is 1730. The first-order valence-electron chi connectivity index (χ1n) is 12.0. The summed E-state index contributed by atoms with van der Waals surface area (Å²) in [6.45, 7) is 2.74. The SMILES string of the molecule is Cn1ccn(-c2ccc(-c3cc(F)cc(-c4cc(NS(C)(=O)=O)nc(N5CCNCC5)c4)c3O)cc2Cl)c1=O. The van der Waals surface area contributed by atoms with E-state index in [0.717, 1.165) is 19.3 Å². The highest BCUT2D eigenvalue weighted by atomic mass is 35.5. The van der Waals surface area contributed by atoms with Crippen molar-refractivity contribution in [2.75, 3.05) is 42.1 Å². The zero-order chi connectivity index (χ0) is 27.9. The third kappa shape index (κ3) is 5.63. The number of phenols is 1. The van der Waals surface area contributed by atoms with Gasteiger partial charge in [0.05, 0.1) is 17.0 Å². The summed E-state index contributed by atoms with van der Waals surface area (Å²) in [4.78, 5) is 18.8. The first-order valence-corrected chi connectivity index (χ1v) is 14.3. The number of aromatic hydroxyl groups is 1. The van der Waals surface area contributed by atoms with Gasteiger partial charge in [-0.15, -0.1) is 0 Å². The van der Waals surface area contributed by atoms with Crippen LogP contribution >= 0.6 is 11.6 Å². The van der Waals surface area contributed by atoms with Crippen LogP contribution in [-0.2, 0) is 17.1 Å². The summed E-state index contributed by atoms with van der Waals surface area (Å²) in [6.07, 6.45) is 4.20. The number of sulfonamides is 1. The Morgan fingerprint density at radius 1 is 1.05 bits per heavy atom. The van der Waals surface area contributed by atoms with Gasteiger partial charge in [-0.1, -0.05) is 17.7 Å². The van der Waals surface area contributed by atoms with Gasteiger partial charge in [-0.3, -0.25) is 9.29 Å². The molecule has 39 heavy (non-hydrogen) atoms. The van der Waals surface area contributed by atoms with Crippen molar-refractivity contribution >= 4 is 33.3 Å². The van der Waals surface area contributed by atoms with E-state index in [2.05, 4.69) is 15.0 Å². The summed E-state index contributed by atoms with van der Waals surface area (Å²) in [5.41, 5.74) is 1.29. The molecule has 1 fully saturated rings. The van der Waals surface area contributed by atoms with Crippen molar-refractivity contribution < 1.29 is 17.9 Å². The molecule has 0 spiro atoms. The van der Waals surface area contributed by atoms with Crippen molar-refractivity contribution in [1.29, 1.82) is 0 Å². The van der Waals surface area contributed by atoms with E-state index in [1.54, 1.807) is 43.7 Å². The molecular weight excluding hydrogens is 547 g/mol. The van der Waals surface area contributed by atoms with E-state index >= 15 is 0 Å². The van der Waals surface area contributed by atoms with Gasteiger partial charge in [0.25, 0.3) is 0 Å². The number of halogens is 2. The normalized spacial score (nSPS) is 14.0. The third-order valence-electron chi connectivity index (χ3n) is 6.39. The van der Waals surface area contributed by atoms with Crippen LogP contribution in [0.3, 0.4) is 0 Å². The van der Waals surface area contributed by atoms with Crippen LogP contribution in [0.5, 0.6) is 5.75 Å². The molecule has 3 heterocycles. The second kappa shape index (κ2) is 10.4. The average Bonchev–Trinajstić information content (AvgIpc) is 3.22. The fourth-order valence-electron chi connectivity index (χ4n) is 4.53. The molecule has 204 valence electrons. The molecule has 0 saturated carbocycles. The largest absolute Gasteiger partial charge is 0.507 e. The molecule has 0 unspecified atom stereocenters. The van der Waals surface area contributed by atoms with Crippen LogP contribution in [0.4, 0.5) is 16.0 Å². The van der Waals surface area contributed by atoms with Gasteiger partial charge in [0.15, 0.2) is 0 Å². The zero-order valence-electron chi connectivity index (χ0n) is 21.1. The molecule has 13 heteroatoms. The van der Waals surface area contributed by atoms with Crippen molar-refractivity contribution in [3.8, 4) is 33.7 Å². The molecule has 0 aliphatic carbocycles. The Balaban J connectivity index is 1.61. The summed E-state index contributed by atoms with van der Waals surface area (Å²) in [5, 5.41) is 14.8. The average molecular weight is 573 g/mol. The van der Waals surface area contributed by atoms with E-state index in [0.29, 0.717) is 35.7 Å². The van der Waals surface area contributed by atoms with Gasteiger partial charge < -0.3 is 19.9 Å². The van der Waals surface area contributed by atoms with Crippen molar-refractivity contribution in [3.63, 3.8) is 0 Å². The smallest absolute Gasteiger partial charge is 0.332 e. The van der Waals surface area contributed by atoms with E-state index in [9.17, 15) is 22.7 Å². The van der Waals surface area contributed by atoms with E-state index in [1.165, 1.54) is 27.3 Å². The standard InChI is InChI=1S/C26H26ClFN6O4S/c1-32-9-10-34(26(32)36)22-4-3-16(11-21(22)27)19-14-18(28)15-20(25(19)35)17-12-23(31-39(2,37)38)30-24(13-17)33-7-5-29-6-8-33/h3-4,9-15,29,35H,5-8H2,1-2H3,(H,30,31). The van der Waals surface area contributed by atoms with Crippen molar-refractivity contribution in [3.05, 3.63) is 76.2 Å². The van der Waals surface area contributed by atoms with E-state index < -0.39 is 15.8 Å². The summed E-state index contributed by atoms with van der Waals surface area (Å²) in [5.74, 6) is -0.296. The number of pyridine rings is 1. The Kier molecular flexibility index (Phi) is 7.10. The Hall–Kier alpha value is -3.87. The van der Waals surface area contributed by atoms with Gasteiger partial charge >= 0.3 is 5.69 Å². The van der Waals surface area contributed by atoms with Gasteiger partial charge in [0.2, 0.25) is 10.0 Å². The van der Waals surface area contributed by atoms with Gasteiger partial charge in [-0.25, -0.2) is 22.6 Å². The van der Waals surface area contributed by atoms with E-state index in [1.807, 2.05) is 4.90 Å². The predicted octanol–water partition coefficient (Wildman–Crippen LogP) is 3.18. The summed E-state index contributed by atoms with van der Waals surface area (Å²) >= 11 is 6.50. The lowest BCUT2D eigenvalue weighted by Crippen LogP contribution is -2.43. The minimum Gasteiger partial charge on any atom is -0.507 e. The highest BCUT2D eigenvalue weighted by Gasteiger charge is 2.20. The van der Waals surface area contributed by atoms with Crippen LogP contribution < -0.4 is 20.6 Å². The molecule has 0 amide bonds. The number of piperazine rings is 1. The summed E-state index contributed by atoms with van der Waals surface area (Å²) < 4.78 is 44.1. The molecule has 1 saturated heterocycles. The summed E-state index contributed by atoms with van der Waals surface area (Å²) in [6, 6.07) is 10.3. The Morgan fingerprint density at radius 3 is 2.36 bits per heavy atom. The molecule has 5 rings (SSSR count). The Labute approximate surface area is 229 Å². The molecule has 2 aromatic heterocycles.